The molecule has 9 nitrogen and oxygen atoms in total. The van der Waals surface area contributed by atoms with E-state index in [1.807, 2.05) is 30.3 Å². The summed E-state index contributed by atoms with van der Waals surface area (Å²) in [6.07, 6.45) is 5.69. The number of hydrogen-bond acceptors (Lipinski definition) is 5. The standard InChI is InChI=1S/C26H40N4O5/c1-26(2,3)35-25(34)27-16-10-15-22(31)28-18-23(32)30-21(17-19-11-6-4-7-12-19)24(33)29-20-13-8-5-9-14-20/h4,6-7,11-12,20-21H,5,8-10,13-18H2,1-3H3,(H,27,34)(H,28,31)(H,29,33)(H,30,32)/t21-/m0/s1. The van der Waals surface area contributed by atoms with Gasteiger partial charge in [-0.25, -0.2) is 4.79 Å². The molecule has 1 aromatic carbocycles. The van der Waals surface area contributed by atoms with E-state index < -0.39 is 23.6 Å². The highest BCUT2D eigenvalue weighted by atomic mass is 16.6. The molecule has 0 spiro atoms. The maximum atomic E-state index is 12.9. The van der Waals surface area contributed by atoms with Gasteiger partial charge < -0.3 is 26.0 Å². The van der Waals surface area contributed by atoms with Crippen molar-refractivity contribution in [2.75, 3.05) is 13.1 Å². The highest BCUT2D eigenvalue weighted by Crippen LogP contribution is 2.17. The van der Waals surface area contributed by atoms with Crippen LogP contribution >= 0.6 is 0 Å². The van der Waals surface area contributed by atoms with Crippen LogP contribution in [-0.2, 0) is 25.5 Å². The maximum absolute atomic E-state index is 12.9. The Hall–Kier alpha value is -3.10. The molecule has 1 aliphatic carbocycles. The van der Waals surface area contributed by atoms with E-state index in [0.29, 0.717) is 12.8 Å². The number of ether oxygens (including phenoxy) is 1. The molecule has 1 fully saturated rings. The first-order valence-corrected chi connectivity index (χ1v) is 12.5. The maximum Gasteiger partial charge on any atom is 0.407 e. The van der Waals surface area contributed by atoms with E-state index in [1.54, 1.807) is 20.8 Å². The third kappa shape index (κ3) is 12.2. The first-order valence-electron chi connectivity index (χ1n) is 12.5. The van der Waals surface area contributed by atoms with Crippen molar-refractivity contribution in [1.29, 1.82) is 0 Å². The van der Waals surface area contributed by atoms with Gasteiger partial charge >= 0.3 is 6.09 Å². The first kappa shape index (κ1) is 28.1. The average molecular weight is 489 g/mol. The number of carbonyl (C=O) groups excluding carboxylic acids is 4. The Morgan fingerprint density at radius 3 is 2.31 bits per heavy atom. The molecule has 4 amide bonds. The van der Waals surface area contributed by atoms with E-state index in [1.165, 1.54) is 6.42 Å². The van der Waals surface area contributed by atoms with Crippen LogP contribution in [-0.4, -0.2) is 54.6 Å². The summed E-state index contributed by atoms with van der Waals surface area (Å²) in [6.45, 7) is 5.38. The van der Waals surface area contributed by atoms with Crippen LogP contribution in [0.15, 0.2) is 30.3 Å². The van der Waals surface area contributed by atoms with E-state index in [9.17, 15) is 19.2 Å². The number of amides is 4. The summed E-state index contributed by atoms with van der Waals surface area (Å²) in [5, 5.41) is 11.0. The third-order valence-electron chi connectivity index (χ3n) is 5.58. The van der Waals surface area contributed by atoms with Gasteiger partial charge in [-0.1, -0.05) is 49.6 Å². The van der Waals surface area contributed by atoms with Gasteiger partial charge in [0.15, 0.2) is 0 Å². The van der Waals surface area contributed by atoms with E-state index in [0.717, 1.165) is 31.2 Å². The molecule has 35 heavy (non-hydrogen) atoms. The zero-order valence-corrected chi connectivity index (χ0v) is 21.2. The van der Waals surface area contributed by atoms with Gasteiger partial charge in [0.05, 0.1) is 6.54 Å². The van der Waals surface area contributed by atoms with Crippen LogP contribution in [0.4, 0.5) is 4.79 Å². The van der Waals surface area contributed by atoms with Gasteiger partial charge in [-0.05, 0) is 45.6 Å². The molecule has 1 atom stereocenters. The topological polar surface area (TPSA) is 126 Å². The minimum absolute atomic E-state index is 0.139. The normalized spacial score (nSPS) is 14.9. The van der Waals surface area contributed by atoms with E-state index in [-0.39, 0.29) is 37.4 Å². The second-order valence-electron chi connectivity index (χ2n) is 9.96. The molecule has 4 N–H and O–H groups in total. The summed E-state index contributed by atoms with van der Waals surface area (Å²) in [7, 11) is 0. The summed E-state index contributed by atoms with van der Waals surface area (Å²) in [5.41, 5.74) is 0.360. The van der Waals surface area contributed by atoms with Crippen LogP contribution in [0.1, 0.15) is 71.3 Å². The Morgan fingerprint density at radius 1 is 0.971 bits per heavy atom. The number of benzene rings is 1. The van der Waals surface area contributed by atoms with Crippen molar-refractivity contribution >= 4 is 23.8 Å². The molecular weight excluding hydrogens is 448 g/mol. The quantitative estimate of drug-likeness (QED) is 0.356. The van der Waals surface area contributed by atoms with Crippen LogP contribution in [0.5, 0.6) is 0 Å². The minimum atomic E-state index is -0.721. The Labute approximate surface area is 208 Å². The molecule has 194 valence electrons. The molecule has 1 aliphatic rings. The van der Waals surface area contributed by atoms with Crippen molar-refractivity contribution in [3.8, 4) is 0 Å². The SMILES string of the molecule is CC(C)(C)OC(=O)NCCCC(=O)NCC(=O)N[C@@H](Cc1ccccc1)C(=O)NC1CCCCC1. The van der Waals surface area contributed by atoms with Crippen LogP contribution in [0.3, 0.4) is 0 Å². The Balaban J connectivity index is 1.77. The summed E-state index contributed by atoms with van der Waals surface area (Å²) in [5.74, 6) is -0.934. The molecule has 0 heterocycles. The second-order valence-corrected chi connectivity index (χ2v) is 9.96. The van der Waals surface area contributed by atoms with Gasteiger partial charge in [-0.15, -0.1) is 0 Å². The van der Waals surface area contributed by atoms with Gasteiger partial charge in [-0.3, -0.25) is 14.4 Å². The lowest BCUT2D eigenvalue weighted by atomic mass is 9.95. The average Bonchev–Trinajstić information content (AvgIpc) is 2.80. The molecule has 0 unspecified atom stereocenters. The minimum Gasteiger partial charge on any atom is -0.444 e. The Bertz CT molecular complexity index is 832. The smallest absolute Gasteiger partial charge is 0.407 e. The van der Waals surface area contributed by atoms with Crippen molar-refractivity contribution < 1.29 is 23.9 Å². The number of hydrogen-bond donors (Lipinski definition) is 4. The van der Waals surface area contributed by atoms with Gasteiger partial charge in [0.25, 0.3) is 0 Å². The lowest BCUT2D eigenvalue weighted by Gasteiger charge is -2.26. The Kier molecular flexibility index (Phi) is 11.5. The van der Waals surface area contributed by atoms with Crippen LogP contribution < -0.4 is 21.3 Å². The van der Waals surface area contributed by atoms with Crippen molar-refractivity contribution in [2.24, 2.45) is 0 Å². The summed E-state index contributed by atoms with van der Waals surface area (Å²) in [6, 6.07) is 8.94. The molecular formula is C26H40N4O5. The van der Waals surface area contributed by atoms with E-state index >= 15 is 0 Å². The monoisotopic (exact) mass is 488 g/mol. The molecule has 0 saturated heterocycles. The molecule has 0 bridgehead atoms. The molecule has 1 saturated carbocycles. The highest BCUT2D eigenvalue weighted by Gasteiger charge is 2.24. The van der Waals surface area contributed by atoms with Gasteiger partial charge in [0.1, 0.15) is 11.6 Å². The molecule has 1 aromatic rings. The summed E-state index contributed by atoms with van der Waals surface area (Å²) in [4.78, 5) is 49.2. The predicted octanol–water partition coefficient (Wildman–Crippen LogP) is 2.58. The van der Waals surface area contributed by atoms with E-state index in [2.05, 4.69) is 21.3 Å². The van der Waals surface area contributed by atoms with Crippen LogP contribution in [0.25, 0.3) is 0 Å². The fourth-order valence-corrected chi connectivity index (χ4v) is 3.87. The fourth-order valence-electron chi connectivity index (χ4n) is 3.87. The molecule has 2 rings (SSSR count). The largest absolute Gasteiger partial charge is 0.444 e. The van der Waals surface area contributed by atoms with Crippen molar-refractivity contribution in [3.63, 3.8) is 0 Å². The third-order valence-corrected chi connectivity index (χ3v) is 5.58. The first-order chi connectivity index (χ1) is 16.6. The fraction of sp³-hybridized carbons (Fsp3) is 0.615. The highest BCUT2D eigenvalue weighted by molar-refractivity contribution is 5.90. The zero-order valence-electron chi connectivity index (χ0n) is 21.2. The number of carbonyl (C=O) groups is 4. The van der Waals surface area contributed by atoms with Crippen molar-refractivity contribution in [1.82, 2.24) is 21.3 Å². The number of alkyl carbamates (subject to hydrolysis) is 1. The van der Waals surface area contributed by atoms with Gasteiger partial charge in [0.2, 0.25) is 17.7 Å². The lowest BCUT2D eigenvalue weighted by Crippen LogP contribution is -2.52. The number of nitrogens with one attached hydrogen (secondary N) is 4. The van der Waals surface area contributed by atoms with Gasteiger partial charge in [0, 0.05) is 25.4 Å². The van der Waals surface area contributed by atoms with E-state index in [4.69, 9.17) is 4.74 Å². The van der Waals surface area contributed by atoms with Crippen LogP contribution in [0.2, 0.25) is 0 Å². The molecule has 0 aromatic heterocycles. The lowest BCUT2D eigenvalue weighted by molar-refractivity contribution is -0.130. The van der Waals surface area contributed by atoms with Crippen molar-refractivity contribution in [3.05, 3.63) is 35.9 Å². The molecule has 0 radical (unpaired) electrons. The van der Waals surface area contributed by atoms with Crippen LogP contribution in [0, 0.1) is 0 Å². The van der Waals surface area contributed by atoms with Crippen molar-refractivity contribution in [2.45, 2.75) is 89.8 Å². The van der Waals surface area contributed by atoms with Gasteiger partial charge in [-0.2, -0.15) is 0 Å². The Morgan fingerprint density at radius 2 is 1.66 bits per heavy atom. The number of rotatable bonds is 11. The summed E-state index contributed by atoms with van der Waals surface area (Å²) >= 11 is 0. The zero-order chi connectivity index (χ0) is 25.7. The summed E-state index contributed by atoms with van der Waals surface area (Å²) < 4.78 is 5.13. The second kappa shape index (κ2) is 14.3. The molecule has 0 aliphatic heterocycles. The molecule has 9 heteroatoms. The predicted molar refractivity (Wildman–Crippen MR) is 134 cm³/mol.